The molecule has 0 saturated heterocycles. The molecule has 6 heteroatoms. The van der Waals surface area contributed by atoms with Crippen molar-refractivity contribution in [3.63, 3.8) is 0 Å². The third-order valence-electron chi connectivity index (χ3n) is 11.4. The van der Waals surface area contributed by atoms with Crippen LogP contribution in [0.1, 0.15) is 239 Å². The maximum atomic E-state index is 12.8. The molecule has 0 aromatic carbocycles. The minimum absolute atomic E-state index is 0.122. The normalized spacial score (nSPS) is 13.0. The van der Waals surface area contributed by atoms with Gasteiger partial charge in [0.1, 0.15) is 13.2 Å². The van der Waals surface area contributed by atoms with E-state index in [0.29, 0.717) is 12.8 Å². The first-order chi connectivity index (χ1) is 34.0. The van der Waals surface area contributed by atoms with Gasteiger partial charge in [-0.3, -0.25) is 14.4 Å². The molecule has 69 heavy (non-hydrogen) atoms. The minimum atomic E-state index is -0.829. The van der Waals surface area contributed by atoms with Gasteiger partial charge in [-0.2, -0.15) is 0 Å². The highest BCUT2D eigenvalue weighted by Gasteiger charge is 2.19. The molecular weight excluding hydrogens is 853 g/mol. The second-order valence-corrected chi connectivity index (χ2v) is 18.1. The van der Waals surface area contributed by atoms with E-state index < -0.39 is 6.10 Å². The van der Waals surface area contributed by atoms with E-state index in [1.807, 2.05) is 6.08 Å². The highest BCUT2D eigenvalue weighted by molar-refractivity contribution is 5.71. The van der Waals surface area contributed by atoms with E-state index in [-0.39, 0.29) is 44.0 Å². The van der Waals surface area contributed by atoms with Crippen LogP contribution in [-0.2, 0) is 28.6 Å². The maximum Gasteiger partial charge on any atom is 0.306 e. The summed E-state index contributed by atoms with van der Waals surface area (Å²) in [6.45, 7) is 6.45. The van der Waals surface area contributed by atoms with Crippen LogP contribution in [0.4, 0.5) is 0 Å². The van der Waals surface area contributed by atoms with Gasteiger partial charge in [0.15, 0.2) is 6.10 Å². The average molecular weight is 956 g/mol. The Morgan fingerprint density at radius 3 is 0.899 bits per heavy atom. The molecule has 0 unspecified atom stereocenters. The first-order valence-corrected chi connectivity index (χ1v) is 28.0. The Hall–Kier alpha value is -4.19. The van der Waals surface area contributed by atoms with E-state index in [9.17, 15) is 14.4 Å². The van der Waals surface area contributed by atoms with Crippen LogP contribution in [0.25, 0.3) is 0 Å². The van der Waals surface area contributed by atoms with Gasteiger partial charge in [-0.15, -0.1) is 0 Å². The average Bonchev–Trinajstić information content (AvgIpc) is 3.35. The SMILES string of the molecule is CCCCC/C=C\C/C=C\C/C=C\C/C=C\C/C=C\CCC(=O)OC[C@H](COC(=O)CCCCCC/C=C\C/C=C\C/C=C\CCCCC)OC(=O)CCCCCCC/C=C\C/C=C\CCCCC. The molecule has 390 valence electrons. The molecule has 0 radical (unpaired) electrons. The summed E-state index contributed by atoms with van der Waals surface area (Å²) < 4.78 is 16.7. The molecule has 0 heterocycles. The monoisotopic (exact) mass is 955 g/mol. The van der Waals surface area contributed by atoms with Crippen LogP contribution >= 0.6 is 0 Å². The summed E-state index contributed by atoms with van der Waals surface area (Å²) in [4.78, 5) is 38.1. The number of hydrogen-bond acceptors (Lipinski definition) is 6. The van der Waals surface area contributed by atoms with E-state index in [1.54, 1.807) is 0 Å². The maximum absolute atomic E-state index is 12.8. The molecule has 0 aromatic heterocycles. The lowest BCUT2D eigenvalue weighted by Crippen LogP contribution is -2.30. The summed E-state index contributed by atoms with van der Waals surface area (Å²) >= 11 is 0. The van der Waals surface area contributed by atoms with Crippen molar-refractivity contribution in [3.05, 3.63) is 122 Å². The first kappa shape index (κ1) is 64.8. The lowest BCUT2D eigenvalue weighted by Gasteiger charge is -2.18. The zero-order chi connectivity index (χ0) is 50.0. The fraction of sp³-hybridized carbons (Fsp3) is 0.635. The van der Waals surface area contributed by atoms with Crippen LogP contribution in [0.5, 0.6) is 0 Å². The van der Waals surface area contributed by atoms with E-state index >= 15 is 0 Å². The number of carbonyl (C=O) groups is 3. The Bertz CT molecular complexity index is 1470. The van der Waals surface area contributed by atoms with Crippen molar-refractivity contribution in [2.24, 2.45) is 0 Å². The fourth-order valence-corrected chi connectivity index (χ4v) is 7.17. The Morgan fingerprint density at radius 2 is 0.551 bits per heavy atom. The van der Waals surface area contributed by atoms with Gasteiger partial charge in [0.05, 0.1) is 0 Å². The van der Waals surface area contributed by atoms with Crippen LogP contribution in [0.3, 0.4) is 0 Å². The summed E-state index contributed by atoms with van der Waals surface area (Å²) in [7, 11) is 0. The van der Waals surface area contributed by atoms with Gasteiger partial charge in [0, 0.05) is 19.3 Å². The lowest BCUT2D eigenvalue weighted by molar-refractivity contribution is -0.166. The third-order valence-corrected chi connectivity index (χ3v) is 11.4. The summed E-state index contributed by atoms with van der Waals surface area (Å²) in [5.41, 5.74) is 0. The minimum Gasteiger partial charge on any atom is -0.462 e. The van der Waals surface area contributed by atoms with Crippen molar-refractivity contribution in [2.75, 3.05) is 13.2 Å². The molecule has 1 atom stereocenters. The molecule has 0 rings (SSSR count). The van der Waals surface area contributed by atoms with Crippen molar-refractivity contribution in [1.82, 2.24) is 0 Å². The van der Waals surface area contributed by atoms with Crippen molar-refractivity contribution in [1.29, 1.82) is 0 Å². The van der Waals surface area contributed by atoms with E-state index in [2.05, 4.69) is 136 Å². The van der Waals surface area contributed by atoms with Crippen LogP contribution in [0.15, 0.2) is 122 Å². The molecule has 0 bridgehead atoms. The van der Waals surface area contributed by atoms with Crippen molar-refractivity contribution in [2.45, 2.75) is 245 Å². The van der Waals surface area contributed by atoms with Crippen molar-refractivity contribution < 1.29 is 28.6 Å². The van der Waals surface area contributed by atoms with Gasteiger partial charge in [-0.05, 0) is 128 Å². The molecule has 0 saturated carbocycles. The number of esters is 3. The number of unbranched alkanes of at least 4 members (excludes halogenated alkanes) is 18. The van der Waals surface area contributed by atoms with Gasteiger partial charge >= 0.3 is 17.9 Å². The molecule has 0 amide bonds. The predicted octanol–water partition coefficient (Wildman–Crippen LogP) is 18.9. The zero-order valence-corrected chi connectivity index (χ0v) is 44.5. The molecule has 0 fully saturated rings. The molecular formula is C63H102O6. The van der Waals surface area contributed by atoms with Gasteiger partial charge in [0.2, 0.25) is 0 Å². The number of ether oxygens (including phenoxy) is 3. The molecule has 0 aromatic rings. The van der Waals surface area contributed by atoms with Crippen LogP contribution in [-0.4, -0.2) is 37.2 Å². The Morgan fingerprint density at radius 1 is 0.290 bits per heavy atom. The second-order valence-electron chi connectivity index (χ2n) is 18.1. The van der Waals surface area contributed by atoms with E-state index in [1.165, 1.54) is 77.0 Å². The van der Waals surface area contributed by atoms with Crippen molar-refractivity contribution >= 4 is 17.9 Å². The molecule has 0 aliphatic rings. The largest absolute Gasteiger partial charge is 0.462 e. The first-order valence-electron chi connectivity index (χ1n) is 28.0. The smallest absolute Gasteiger partial charge is 0.306 e. The predicted molar refractivity (Wildman–Crippen MR) is 297 cm³/mol. The Balaban J connectivity index is 4.58. The number of allylic oxidation sites excluding steroid dienone is 20. The van der Waals surface area contributed by atoms with Crippen molar-refractivity contribution in [3.8, 4) is 0 Å². The second kappa shape index (κ2) is 56.4. The quantitative estimate of drug-likeness (QED) is 0.0262. The van der Waals surface area contributed by atoms with Crippen LogP contribution in [0, 0.1) is 0 Å². The van der Waals surface area contributed by atoms with E-state index in [0.717, 1.165) is 116 Å². The number of carbonyl (C=O) groups excluding carboxylic acids is 3. The van der Waals surface area contributed by atoms with Gasteiger partial charge in [-0.25, -0.2) is 0 Å². The summed E-state index contributed by atoms with van der Waals surface area (Å²) in [5, 5.41) is 0. The van der Waals surface area contributed by atoms with Gasteiger partial charge in [0.25, 0.3) is 0 Å². The third kappa shape index (κ3) is 54.6. The molecule has 6 nitrogen and oxygen atoms in total. The Labute approximate surface area is 424 Å². The lowest BCUT2D eigenvalue weighted by atomic mass is 10.1. The van der Waals surface area contributed by atoms with Crippen LogP contribution < -0.4 is 0 Å². The number of hydrogen-bond donors (Lipinski definition) is 0. The number of rotatable bonds is 49. The van der Waals surface area contributed by atoms with Gasteiger partial charge in [-0.1, -0.05) is 213 Å². The zero-order valence-electron chi connectivity index (χ0n) is 44.5. The van der Waals surface area contributed by atoms with E-state index in [4.69, 9.17) is 14.2 Å². The molecule has 0 spiro atoms. The van der Waals surface area contributed by atoms with Gasteiger partial charge < -0.3 is 14.2 Å². The highest BCUT2D eigenvalue weighted by Crippen LogP contribution is 2.12. The Kier molecular flexibility index (Phi) is 53.0. The highest BCUT2D eigenvalue weighted by atomic mass is 16.6. The fourth-order valence-electron chi connectivity index (χ4n) is 7.17. The standard InChI is InChI=1S/C63H102O6/c1-4-7-10-13-16-19-22-25-28-30-31-33-36-38-41-44-47-50-53-56-62(65)68-59-60(69-63(66)57-54-51-48-45-42-39-34-27-24-21-18-15-12-9-6-3)58-67-61(64)55-52-49-46-43-40-37-35-32-29-26-23-20-17-14-11-8-5-2/h16-21,25-29,31,33-35,37-38,41,47,50,60H,4-15,22-24,30,32,36,39-40,42-46,48-49,51-59H2,1-3H3/b19-16-,20-17-,21-18-,28-25-,29-26-,33-31-,34-27-,37-35-,41-38-,50-47-/t60-/m0/s1. The summed E-state index contributed by atoms with van der Waals surface area (Å²) in [6, 6.07) is 0. The summed E-state index contributed by atoms with van der Waals surface area (Å²) in [5.74, 6) is -1.04. The topological polar surface area (TPSA) is 78.9 Å². The molecule has 0 aliphatic heterocycles. The molecule has 0 aliphatic carbocycles. The summed E-state index contributed by atoms with van der Waals surface area (Å²) in [6.07, 6.45) is 77.6. The van der Waals surface area contributed by atoms with Crippen LogP contribution in [0.2, 0.25) is 0 Å². The molecule has 0 N–H and O–H groups in total.